The molecule has 0 radical (unpaired) electrons. The maximum Gasteiger partial charge on any atom is 0.332 e. The molecule has 0 spiro atoms. The first-order chi connectivity index (χ1) is 9.11. The number of nitrogen functional groups attached to an aromatic ring is 1. The van der Waals surface area contributed by atoms with Crippen molar-refractivity contribution in [3.05, 3.63) is 26.9 Å². The molecule has 2 N–H and O–H groups in total. The molecule has 6 nitrogen and oxygen atoms in total. The highest BCUT2D eigenvalue weighted by Gasteiger charge is 2.08. The third-order valence-corrected chi connectivity index (χ3v) is 3.58. The number of thioether (sulfide) groups is 1. The molecule has 0 aliphatic carbocycles. The van der Waals surface area contributed by atoms with Crippen LogP contribution in [0.15, 0.2) is 15.7 Å². The maximum atomic E-state index is 12.2. The fraction of sp³-hybridized carbons (Fsp3) is 0.667. The summed E-state index contributed by atoms with van der Waals surface area (Å²) in [5.41, 5.74) is 5.07. The smallest absolute Gasteiger partial charge is 0.332 e. The molecule has 1 aromatic rings. The molecule has 0 saturated carbocycles. The number of ether oxygens (including phenoxy) is 1. The van der Waals surface area contributed by atoms with E-state index in [1.54, 1.807) is 18.9 Å². The third-order valence-electron chi connectivity index (χ3n) is 2.70. The van der Waals surface area contributed by atoms with Gasteiger partial charge in [0.2, 0.25) is 0 Å². The van der Waals surface area contributed by atoms with Gasteiger partial charge < -0.3 is 10.5 Å². The average molecular weight is 287 g/mol. The van der Waals surface area contributed by atoms with Crippen molar-refractivity contribution >= 4 is 17.6 Å². The highest BCUT2D eigenvalue weighted by Crippen LogP contribution is 2.00. The van der Waals surface area contributed by atoms with Crippen LogP contribution in [0.2, 0.25) is 0 Å². The van der Waals surface area contributed by atoms with E-state index in [-0.39, 0.29) is 17.1 Å². The Kier molecular flexibility index (Phi) is 6.72. The zero-order chi connectivity index (χ0) is 14.3. The molecule has 0 unspecified atom stereocenters. The van der Waals surface area contributed by atoms with Gasteiger partial charge >= 0.3 is 5.69 Å². The zero-order valence-electron chi connectivity index (χ0n) is 11.4. The summed E-state index contributed by atoms with van der Waals surface area (Å²) in [5, 5.41) is 0. The Hall–Kier alpha value is -1.21. The van der Waals surface area contributed by atoms with Gasteiger partial charge in [-0.05, 0) is 12.2 Å². The Balaban J connectivity index is 2.95. The summed E-state index contributed by atoms with van der Waals surface area (Å²) in [4.78, 5) is 24.0. The molecule has 108 valence electrons. The van der Waals surface area contributed by atoms with Crippen LogP contribution < -0.4 is 17.0 Å². The summed E-state index contributed by atoms with van der Waals surface area (Å²) >= 11 is 1.69. The van der Waals surface area contributed by atoms with E-state index in [4.69, 9.17) is 10.5 Å². The second-order valence-electron chi connectivity index (χ2n) is 4.04. The first-order valence-corrected chi connectivity index (χ1v) is 7.44. The topological polar surface area (TPSA) is 79.2 Å². The van der Waals surface area contributed by atoms with Crippen LogP contribution in [0.4, 0.5) is 5.82 Å². The molecule has 0 aliphatic heterocycles. The summed E-state index contributed by atoms with van der Waals surface area (Å²) in [6.45, 7) is 3.47. The van der Waals surface area contributed by atoms with E-state index >= 15 is 0 Å². The van der Waals surface area contributed by atoms with E-state index in [2.05, 4.69) is 0 Å². The normalized spacial score (nSPS) is 10.8. The highest BCUT2D eigenvalue weighted by molar-refractivity contribution is 7.99. The second-order valence-corrected chi connectivity index (χ2v) is 5.43. The van der Waals surface area contributed by atoms with Gasteiger partial charge in [-0.2, -0.15) is 11.8 Å². The van der Waals surface area contributed by atoms with E-state index < -0.39 is 0 Å². The van der Waals surface area contributed by atoms with E-state index in [1.165, 1.54) is 15.2 Å². The molecule has 0 fully saturated rings. The zero-order valence-corrected chi connectivity index (χ0v) is 12.2. The van der Waals surface area contributed by atoms with Crippen LogP contribution in [-0.4, -0.2) is 34.4 Å². The number of aromatic nitrogens is 2. The molecule has 1 aromatic heterocycles. The molecular weight excluding hydrogens is 266 g/mol. The summed E-state index contributed by atoms with van der Waals surface area (Å²) in [6.07, 6.45) is 0.683. The van der Waals surface area contributed by atoms with Gasteiger partial charge in [0.25, 0.3) is 5.56 Å². The summed E-state index contributed by atoms with van der Waals surface area (Å²) in [7, 11) is 1.61. The predicted molar refractivity (Wildman–Crippen MR) is 78.9 cm³/mol. The lowest BCUT2D eigenvalue weighted by atomic mass is 10.4. The van der Waals surface area contributed by atoms with E-state index in [0.717, 1.165) is 11.5 Å². The van der Waals surface area contributed by atoms with Crippen molar-refractivity contribution in [2.24, 2.45) is 0 Å². The maximum absolute atomic E-state index is 12.2. The van der Waals surface area contributed by atoms with Crippen LogP contribution in [0.5, 0.6) is 0 Å². The lowest BCUT2D eigenvalue weighted by Crippen LogP contribution is -2.41. The molecule has 1 rings (SSSR count). The van der Waals surface area contributed by atoms with Gasteiger partial charge in [0.05, 0.1) is 0 Å². The molecule has 0 bridgehead atoms. The van der Waals surface area contributed by atoms with Gasteiger partial charge in [-0.3, -0.25) is 13.9 Å². The van der Waals surface area contributed by atoms with Crippen molar-refractivity contribution < 1.29 is 4.74 Å². The molecule has 0 aliphatic rings. The standard InChI is InChI=1S/C12H21N3O3S/c1-3-19-8-6-15-11(16)9-10(13)14(12(15)17)5-4-7-18-2/h9H,3-8,13H2,1-2H3. The van der Waals surface area contributed by atoms with Gasteiger partial charge in [0, 0.05) is 38.6 Å². The van der Waals surface area contributed by atoms with Crippen molar-refractivity contribution in [3.63, 3.8) is 0 Å². The number of hydrogen-bond donors (Lipinski definition) is 1. The minimum atomic E-state index is -0.335. The van der Waals surface area contributed by atoms with Crippen LogP contribution in [-0.2, 0) is 17.8 Å². The number of nitrogens with zero attached hydrogens (tertiary/aromatic N) is 2. The number of nitrogens with two attached hydrogens (primary N) is 1. The van der Waals surface area contributed by atoms with Crippen molar-refractivity contribution in [3.8, 4) is 0 Å². The third kappa shape index (κ3) is 4.43. The summed E-state index contributed by atoms with van der Waals surface area (Å²) in [5.74, 6) is 1.92. The second kappa shape index (κ2) is 8.06. The first kappa shape index (κ1) is 15.8. The molecule has 0 atom stereocenters. The monoisotopic (exact) mass is 287 g/mol. The Bertz CT molecular complexity index is 510. The van der Waals surface area contributed by atoms with Crippen molar-refractivity contribution in [2.45, 2.75) is 26.4 Å². The Morgan fingerprint density at radius 2 is 2.05 bits per heavy atom. The minimum absolute atomic E-state index is 0.213. The van der Waals surface area contributed by atoms with Crippen LogP contribution in [0.3, 0.4) is 0 Å². The fourth-order valence-corrected chi connectivity index (χ4v) is 2.33. The van der Waals surface area contributed by atoms with Crippen LogP contribution in [0, 0.1) is 0 Å². The van der Waals surface area contributed by atoms with Gasteiger partial charge in [-0.25, -0.2) is 4.79 Å². The van der Waals surface area contributed by atoms with Crippen molar-refractivity contribution in [1.82, 2.24) is 9.13 Å². The van der Waals surface area contributed by atoms with Gasteiger partial charge in [0.1, 0.15) is 5.82 Å². The molecule has 0 saturated heterocycles. The lowest BCUT2D eigenvalue weighted by Gasteiger charge is -2.12. The van der Waals surface area contributed by atoms with Crippen molar-refractivity contribution in [1.29, 1.82) is 0 Å². The quantitative estimate of drug-likeness (QED) is 0.699. The highest BCUT2D eigenvalue weighted by atomic mass is 32.2. The molecule has 19 heavy (non-hydrogen) atoms. The van der Waals surface area contributed by atoms with Gasteiger partial charge in [-0.1, -0.05) is 6.92 Å². The fourth-order valence-electron chi connectivity index (χ4n) is 1.73. The molecule has 0 amide bonds. The molecular formula is C12H21N3O3S. The number of anilines is 1. The molecule has 1 heterocycles. The SMILES string of the molecule is CCSCCn1c(=O)cc(N)n(CCCOC)c1=O. The number of methoxy groups -OCH3 is 1. The Labute approximate surface area is 116 Å². The average Bonchev–Trinajstić information content (AvgIpc) is 2.37. The number of hydrogen-bond acceptors (Lipinski definition) is 5. The van der Waals surface area contributed by atoms with Gasteiger partial charge in [-0.15, -0.1) is 0 Å². The summed E-state index contributed by atoms with van der Waals surface area (Å²) < 4.78 is 7.62. The van der Waals surface area contributed by atoms with E-state index in [1.807, 2.05) is 6.92 Å². The molecule has 0 aromatic carbocycles. The predicted octanol–water partition coefficient (Wildman–Crippen LogP) is 0.382. The van der Waals surface area contributed by atoms with E-state index in [9.17, 15) is 9.59 Å². The first-order valence-electron chi connectivity index (χ1n) is 6.28. The molecule has 7 heteroatoms. The van der Waals surface area contributed by atoms with Crippen LogP contribution >= 0.6 is 11.8 Å². The number of rotatable bonds is 8. The van der Waals surface area contributed by atoms with Crippen LogP contribution in [0.25, 0.3) is 0 Å². The summed E-state index contributed by atoms with van der Waals surface area (Å²) in [6, 6.07) is 1.31. The van der Waals surface area contributed by atoms with E-state index in [0.29, 0.717) is 26.1 Å². The van der Waals surface area contributed by atoms with Crippen LogP contribution in [0.1, 0.15) is 13.3 Å². The van der Waals surface area contributed by atoms with Gasteiger partial charge in [0.15, 0.2) is 0 Å². The van der Waals surface area contributed by atoms with Crippen molar-refractivity contribution in [2.75, 3.05) is 31.0 Å². The Morgan fingerprint density at radius 3 is 2.68 bits per heavy atom. The Morgan fingerprint density at radius 1 is 1.32 bits per heavy atom. The minimum Gasteiger partial charge on any atom is -0.385 e. The lowest BCUT2D eigenvalue weighted by molar-refractivity contribution is 0.190. The largest absolute Gasteiger partial charge is 0.385 e.